The number of aliphatic carboxylic acids is 1. The lowest BCUT2D eigenvalue weighted by Crippen LogP contribution is -2.68. The molecule has 3 N–H and O–H groups in total. The van der Waals surface area contributed by atoms with Crippen LogP contribution < -0.4 is 5.32 Å². The zero-order chi connectivity index (χ0) is 39.3. The number of carboxylic acids is 1. The summed E-state index contributed by atoms with van der Waals surface area (Å²) in [5, 5.41) is 25.2. The molecule has 304 valence electrons. The summed E-state index contributed by atoms with van der Waals surface area (Å²) in [5.74, 6) is 1.79. The normalized spacial score (nSPS) is 47.3. The number of carboxylic acid groups (broad SMARTS) is 1. The SMILES string of the molecule is C=C(C)[C@@H]1CC[C@]2(NCC[C@]3(O)CC[C@@H](S(C)(=O)=O)CC3)CC[C@]3(C)[C@H](CC[C@@H]4[C@@]5(C)CC=C(C6=CC[C@](CF)(C(=O)O)CC6)C(C)(C)[C@@H]5CC[C@]43C)[C@@H]12. The van der Waals surface area contributed by atoms with Crippen LogP contribution in [0.5, 0.6) is 0 Å². The fourth-order valence-corrected chi connectivity index (χ4v) is 16.6. The van der Waals surface area contributed by atoms with Crippen LogP contribution in [0, 0.1) is 56.7 Å². The third kappa shape index (κ3) is 6.09. The molecule has 10 atom stereocenters. The lowest BCUT2D eigenvalue weighted by atomic mass is 9.33. The van der Waals surface area contributed by atoms with E-state index in [9.17, 15) is 27.8 Å². The van der Waals surface area contributed by atoms with Gasteiger partial charge in [0.2, 0.25) is 0 Å². The van der Waals surface area contributed by atoms with Gasteiger partial charge in [-0.05, 0) is 185 Å². The summed E-state index contributed by atoms with van der Waals surface area (Å²) < 4.78 is 38.4. The highest BCUT2D eigenvalue weighted by Gasteiger charge is 2.70. The minimum atomic E-state index is -3.07. The minimum absolute atomic E-state index is 0.0346. The summed E-state index contributed by atoms with van der Waals surface area (Å²) in [6, 6.07) is 0. The Labute approximate surface area is 326 Å². The van der Waals surface area contributed by atoms with Crippen molar-refractivity contribution in [2.45, 2.75) is 167 Å². The molecule has 7 aliphatic carbocycles. The molecule has 0 saturated heterocycles. The van der Waals surface area contributed by atoms with E-state index in [1.54, 1.807) is 0 Å². The molecule has 5 fully saturated rings. The van der Waals surface area contributed by atoms with Gasteiger partial charge < -0.3 is 15.5 Å². The zero-order valence-electron chi connectivity index (χ0n) is 34.7. The van der Waals surface area contributed by atoms with Crippen LogP contribution in [-0.4, -0.2) is 60.5 Å². The third-order valence-electron chi connectivity index (χ3n) is 18.8. The second kappa shape index (κ2) is 13.5. The molecule has 0 bridgehead atoms. The lowest BCUT2D eigenvalue weighted by molar-refractivity contribution is -0.221. The van der Waals surface area contributed by atoms with E-state index < -0.39 is 33.5 Å². The molecule has 8 heteroatoms. The molecule has 0 amide bonds. The summed E-state index contributed by atoms with van der Waals surface area (Å²) >= 11 is 0. The van der Waals surface area contributed by atoms with Gasteiger partial charge in [0.25, 0.3) is 0 Å². The lowest BCUT2D eigenvalue weighted by Gasteiger charge is -2.72. The van der Waals surface area contributed by atoms with Crippen molar-refractivity contribution in [1.29, 1.82) is 0 Å². The maximum Gasteiger partial charge on any atom is 0.312 e. The molecule has 7 aliphatic rings. The van der Waals surface area contributed by atoms with Crippen molar-refractivity contribution in [3.05, 3.63) is 35.5 Å². The summed E-state index contributed by atoms with van der Waals surface area (Å²) in [6.07, 6.45) is 20.8. The van der Waals surface area contributed by atoms with Crippen LogP contribution in [0.1, 0.15) is 151 Å². The van der Waals surface area contributed by atoms with Gasteiger partial charge in [-0.1, -0.05) is 58.9 Å². The maximum atomic E-state index is 14.0. The van der Waals surface area contributed by atoms with Crippen molar-refractivity contribution < 1.29 is 27.8 Å². The van der Waals surface area contributed by atoms with E-state index in [0.29, 0.717) is 74.5 Å². The van der Waals surface area contributed by atoms with Crippen LogP contribution >= 0.6 is 0 Å². The predicted molar refractivity (Wildman–Crippen MR) is 215 cm³/mol. The molecular formula is C46H72FNO5S. The van der Waals surface area contributed by atoms with Crippen LogP contribution in [0.4, 0.5) is 4.39 Å². The molecule has 7 rings (SSSR count). The van der Waals surface area contributed by atoms with Crippen molar-refractivity contribution in [3.63, 3.8) is 0 Å². The summed E-state index contributed by atoms with van der Waals surface area (Å²) in [6.45, 7) is 19.7. The molecule has 0 unspecified atom stereocenters. The number of aliphatic hydroxyl groups is 1. The van der Waals surface area contributed by atoms with Gasteiger partial charge >= 0.3 is 5.97 Å². The van der Waals surface area contributed by atoms with Gasteiger partial charge in [-0.2, -0.15) is 0 Å². The quantitative estimate of drug-likeness (QED) is 0.202. The van der Waals surface area contributed by atoms with Crippen LogP contribution in [0.25, 0.3) is 0 Å². The number of allylic oxidation sites excluding steroid dienone is 5. The van der Waals surface area contributed by atoms with E-state index in [2.05, 4.69) is 65.6 Å². The number of halogens is 1. The van der Waals surface area contributed by atoms with Gasteiger partial charge in [0.15, 0.2) is 0 Å². The molecule has 54 heavy (non-hydrogen) atoms. The molecule has 0 aromatic heterocycles. The van der Waals surface area contributed by atoms with E-state index in [-0.39, 0.29) is 38.9 Å². The van der Waals surface area contributed by atoms with Crippen LogP contribution in [0.15, 0.2) is 35.5 Å². The Balaban J connectivity index is 1.12. The largest absolute Gasteiger partial charge is 0.481 e. The maximum absolute atomic E-state index is 14.0. The summed E-state index contributed by atoms with van der Waals surface area (Å²) in [4.78, 5) is 12.0. The van der Waals surface area contributed by atoms with E-state index in [4.69, 9.17) is 0 Å². The first-order chi connectivity index (χ1) is 25.1. The predicted octanol–water partition coefficient (Wildman–Crippen LogP) is 9.78. The van der Waals surface area contributed by atoms with Crippen molar-refractivity contribution in [3.8, 4) is 0 Å². The standard InChI is InChI=1S/C46H72FNO5S/c1-30(2)33-15-24-46(48-28-27-45(51)22-13-32(14-23-45)54(8,52)53)26-25-42(6)35(38(33)46)9-10-37-41(5)18-16-34(40(3,4)36(41)17-19-43(37,42)7)31-11-20-44(29-47,21-12-31)39(49)50/h11,16,32-33,35-38,48,51H,1,9-10,12-15,17-29H2,2-8H3,(H,49,50)/t32-,33-,35+,36-,37+,38+,41-,42+,43+,44-,45+,46-/m0/s1. The fraction of sp³-hybridized carbons (Fsp3) is 0.848. The Morgan fingerprint density at radius 1 is 0.889 bits per heavy atom. The highest BCUT2D eigenvalue weighted by atomic mass is 32.2. The number of carbonyl (C=O) groups is 1. The van der Waals surface area contributed by atoms with Crippen molar-refractivity contribution in [1.82, 2.24) is 5.32 Å². The zero-order valence-corrected chi connectivity index (χ0v) is 35.5. The highest BCUT2D eigenvalue weighted by Crippen LogP contribution is 2.76. The highest BCUT2D eigenvalue weighted by molar-refractivity contribution is 7.91. The second-order valence-electron chi connectivity index (χ2n) is 21.5. The van der Waals surface area contributed by atoms with Crippen molar-refractivity contribution in [2.75, 3.05) is 19.5 Å². The molecule has 0 spiro atoms. The average molecular weight is 770 g/mol. The van der Waals surface area contributed by atoms with Gasteiger partial charge in [-0.25, -0.2) is 12.8 Å². The monoisotopic (exact) mass is 770 g/mol. The topological polar surface area (TPSA) is 104 Å². The molecule has 0 aromatic carbocycles. The number of sulfone groups is 1. The number of fused-ring (bicyclic) bond motifs is 7. The Bertz CT molecular complexity index is 1690. The van der Waals surface area contributed by atoms with Crippen molar-refractivity contribution >= 4 is 15.8 Å². The van der Waals surface area contributed by atoms with Crippen LogP contribution in [-0.2, 0) is 14.6 Å². The first-order valence-electron chi connectivity index (χ1n) is 21.6. The molecule has 0 aromatic rings. The Kier molecular flexibility index (Phi) is 10.2. The molecule has 5 saturated carbocycles. The van der Waals surface area contributed by atoms with E-state index in [0.717, 1.165) is 25.8 Å². The van der Waals surface area contributed by atoms with Gasteiger partial charge in [-0.15, -0.1) is 0 Å². The second-order valence-corrected chi connectivity index (χ2v) is 23.8. The number of hydrogen-bond donors (Lipinski definition) is 3. The molecule has 0 heterocycles. The first-order valence-corrected chi connectivity index (χ1v) is 23.6. The van der Waals surface area contributed by atoms with Crippen LogP contribution in [0.3, 0.4) is 0 Å². The summed E-state index contributed by atoms with van der Waals surface area (Å²) in [7, 11) is -3.07. The number of nitrogens with one attached hydrogen (secondary N) is 1. The fourth-order valence-electron chi connectivity index (χ4n) is 15.5. The molecule has 6 nitrogen and oxygen atoms in total. The van der Waals surface area contributed by atoms with Crippen LogP contribution in [0.2, 0.25) is 0 Å². The first kappa shape index (κ1) is 40.7. The van der Waals surface area contributed by atoms with E-state index in [1.165, 1.54) is 61.5 Å². The van der Waals surface area contributed by atoms with Gasteiger partial charge in [0.05, 0.1) is 16.3 Å². The number of alkyl halides is 1. The third-order valence-corrected chi connectivity index (χ3v) is 20.5. The number of hydrogen-bond acceptors (Lipinski definition) is 5. The minimum Gasteiger partial charge on any atom is -0.481 e. The molecule has 0 aliphatic heterocycles. The van der Waals surface area contributed by atoms with Gasteiger partial charge in [0, 0.05) is 11.8 Å². The summed E-state index contributed by atoms with van der Waals surface area (Å²) in [5.41, 5.74) is 2.54. The smallest absolute Gasteiger partial charge is 0.312 e. The van der Waals surface area contributed by atoms with Gasteiger partial charge in [-0.3, -0.25) is 4.79 Å². The number of rotatable bonds is 9. The van der Waals surface area contributed by atoms with E-state index in [1.807, 2.05) is 0 Å². The van der Waals surface area contributed by atoms with Gasteiger partial charge in [0.1, 0.15) is 16.5 Å². The molecular weight excluding hydrogens is 698 g/mol. The molecule has 0 radical (unpaired) electrons. The Hall–Kier alpha value is -1.51. The Morgan fingerprint density at radius 2 is 1.59 bits per heavy atom. The average Bonchev–Trinajstić information content (AvgIpc) is 3.48. The van der Waals surface area contributed by atoms with Crippen molar-refractivity contribution in [2.24, 2.45) is 56.7 Å². The Morgan fingerprint density at radius 3 is 2.19 bits per heavy atom. The van der Waals surface area contributed by atoms with E-state index >= 15 is 0 Å².